The standard InChI is InChI=1S/C12H17NO2/c1-10(15)11-4-6-12(7-5-11)13(2)8-3-9-14/h4-7,14H,3,8-9H2,1-2H3. The Hall–Kier alpha value is -1.35. The van der Waals surface area contributed by atoms with Gasteiger partial charge in [-0.2, -0.15) is 0 Å². The number of aliphatic hydroxyl groups excluding tert-OH is 1. The van der Waals surface area contributed by atoms with Crippen molar-refractivity contribution in [1.82, 2.24) is 0 Å². The number of benzene rings is 1. The van der Waals surface area contributed by atoms with E-state index in [-0.39, 0.29) is 12.4 Å². The van der Waals surface area contributed by atoms with Gasteiger partial charge >= 0.3 is 0 Å². The highest BCUT2D eigenvalue weighted by Gasteiger charge is 2.02. The second-order valence-electron chi connectivity index (χ2n) is 3.60. The maximum Gasteiger partial charge on any atom is 0.159 e. The Labute approximate surface area is 90.3 Å². The zero-order chi connectivity index (χ0) is 11.3. The number of anilines is 1. The molecule has 1 rings (SSSR count). The molecule has 0 aromatic heterocycles. The van der Waals surface area contributed by atoms with Crippen molar-refractivity contribution in [2.75, 3.05) is 25.1 Å². The smallest absolute Gasteiger partial charge is 0.159 e. The van der Waals surface area contributed by atoms with Gasteiger partial charge in [-0.05, 0) is 37.6 Å². The number of carbonyl (C=O) groups excluding carboxylic acids is 1. The summed E-state index contributed by atoms with van der Waals surface area (Å²) in [5.74, 6) is 0.0829. The van der Waals surface area contributed by atoms with Crippen molar-refractivity contribution in [2.24, 2.45) is 0 Å². The van der Waals surface area contributed by atoms with E-state index >= 15 is 0 Å². The molecule has 0 atom stereocenters. The van der Waals surface area contributed by atoms with E-state index in [2.05, 4.69) is 4.90 Å². The topological polar surface area (TPSA) is 40.5 Å². The van der Waals surface area contributed by atoms with Crippen LogP contribution in [-0.4, -0.2) is 31.1 Å². The van der Waals surface area contributed by atoms with Gasteiger partial charge in [0.05, 0.1) is 0 Å². The fourth-order valence-corrected chi connectivity index (χ4v) is 1.39. The molecule has 3 nitrogen and oxygen atoms in total. The maximum atomic E-state index is 11.1. The van der Waals surface area contributed by atoms with Crippen molar-refractivity contribution in [3.63, 3.8) is 0 Å². The molecule has 0 amide bonds. The number of Topliss-reactive ketones (excluding diaryl/α,β-unsaturated/α-hetero) is 1. The number of rotatable bonds is 5. The second-order valence-corrected chi connectivity index (χ2v) is 3.60. The van der Waals surface area contributed by atoms with E-state index in [4.69, 9.17) is 5.11 Å². The van der Waals surface area contributed by atoms with Crippen LogP contribution >= 0.6 is 0 Å². The van der Waals surface area contributed by atoms with Gasteiger partial charge in [0.25, 0.3) is 0 Å². The zero-order valence-corrected chi connectivity index (χ0v) is 9.23. The third-order valence-corrected chi connectivity index (χ3v) is 2.37. The molecule has 0 saturated carbocycles. The summed E-state index contributed by atoms with van der Waals surface area (Å²) in [5.41, 5.74) is 1.79. The first-order valence-corrected chi connectivity index (χ1v) is 5.08. The lowest BCUT2D eigenvalue weighted by atomic mass is 10.1. The third-order valence-electron chi connectivity index (χ3n) is 2.37. The summed E-state index contributed by atoms with van der Waals surface area (Å²) < 4.78 is 0. The van der Waals surface area contributed by atoms with Gasteiger partial charge in [-0.15, -0.1) is 0 Å². The molecule has 1 aromatic rings. The van der Waals surface area contributed by atoms with Crippen molar-refractivity contribution in [3.8, 4) is 0 Å². The fraction of sp³-hybridized carbons (Fsp3) is 0.417. The molecule has 0 aliphatic rings. The molecule has 0 spiro atoms. The van der Waals surface area contributed by atoms with Crippen molar-refractivity contribution in [3.05, 3.63) is 29.8 Å². The van der Waals surface area contributed by atoms with Gasteiger partial charge in [0.1, 0.15) is 0 Å². The first-order valence-electron chi connectivity index (χ1n) is 5.08. The number of ketones is 1. The Bertz CT molecular complexity index is 319. The largest absolute Gasteiger partial charge is 0.396 e. The molecule has 82 valence electrons. The van der Waals surface area contributed by atoms with Gasteiger partial charge in [-0.25, -0.2) is 0 Å². The summed E-state index contributed by atoms with van der Waals surface area (Å²) >= 11 is 0. The monoisotopic (exact) mass is 207 g/mol. The summed E-state index contributed by atoms with van der Waals surface area (Å²) in [6.45, 7) is 2.58. The predicted octanol–water partition coefficient (Wildman–Crippen LogP) is 1.71. The first kappa shape index (κ1) is 11.7. The van der Waals surface area contributed by atoms with Gasteiger partial charge in [-0.3, -0.25) is 4.79 Å². The van der Waals surface area contributed by atoms with Crippen LogP contribution in [0.1, 0.15) is 23.7 Å². The molecule has 0 saturated heterocycles. The van der Waals surface area contributed by atoms with Crippen LogP contribution in [-0.2, 0) is 0 Å². The van der Waals surface area contributed by atoms with Gasteiger partial charge < -0.3 is 10.0 Å². The fourth-order valence-electron chi connectivity index (χ4n) is 1.39. The maximum absolute atomic E-state index is 11.1. The van der Waals surface area contributed by atoms with Crippen molar-refractivity contribution in [2.45, 2.75) is 13.3 Å². The third kappa shape index (κ3) is 3.36. The molecule has 0 aliphatic heterocycles. The van der Waals surface area contributed by atoms with Crippen molar-refractivity contribution >= 4 is 11.5 Å². The minimum Gasteiger partial charge on any atom is -0.396 e. The summed E-state index contributed by atoms with van der Waals surface area (Å²) in [6.07, 6.45) is 0.755. The van der Waals surface area contributed by atoms with E-state index in [0.29, 0.717) is 0 Å². The van der Waals surface area contributed by atoms with Crippen LogP contribution in [0.25, 0.3) is 0 Å². The van der Waals surface area contributed by atoms with E-state index < -0.39 is 0 Å². The normalized spacial score (nSPS) is 10.1. The molecule has 0 unspecified atom stereocenters. The van der Waals surface area contributed by atoms with E-state index in [1.54, 1.807) is 6.92 Å². The highest BCUT2D eigenvalue weighted by molar-refractivity contribution is 5.94. The molecule has 3 heteroatoms. The van der Waals surface area contributed by atoms with Crippen molar-refractivity contribution < 1.29 is 9.90 Å². The number of hydrogen-bond acceptors (Lipinski definition) is 3. The Balaban J connectivity index is 2.66. The molecule has 0 aliphatic carbocycles. The lowest BCUT2D eigenvalue weighted by Gasteiger charge is -2.18. The number of nitrogens with zero attached hydrogens (tertiary/aromatic N) is 1. The molecule has 1 N–H and O–H groups in total. The number of carbonyl (C=O) groups is 1. The lowest BCUT2D eigenvalue weighted by molar-refractivity contribution is 0.101. The minimum absolute atomic E-state index is 0.0829. The first-order chi connectivity index (χ1) is 7.15. The molecule has 0 radical (unpaired) electrons. The van der Waals surface area contributed by atoms with E-state index in [1.807, 2.05) is 31.3 Å². The minimum atomic E-state index is 0.0829. The molecule has 0 heterocycles. The molecule has 0 bridgehead atoms. The van der Waals surface area contributed by atoms with Crippen LogP contribution in [0, 0.1) is 0 Å². The van der Waals surface area contributed by atoms with Crippen LogP contribution in [0.4, 0.5) is 5.69 Å². The average molecular weight is 207 g/mol. The predicted molar refractivity (Wildman–Crippen MR) is 61.4 cm³/mol. The highest BCUT2D eigenvalue weighted by atomic mass is 16.3. The van der Waals surface area contributed by atoms with Gasteiger partial charge in [0.15, 0.2) is 5.78 Å². The van der Waals surface area contributed by atoms with Crippen molar-refractivity contribution in [1.29, 1.82) is 0 Å². The van der Waals surface area contributed by atoms with E-state index in [0.717, 1.165) is 24.2 Å². The van der Waals surface area contributed by atoms with Gasteiger partial charge in [0, 0.05) is 31.5 Å². The van der Waals surface area contributed by atoms with Crippen LogP contribution in [0.5, 0.6) is 0 Å². The molecular formula is C12H17NO2. The van der Waals surface area contributed by atoms with Gasteiger partial charge in [-0.1, -0.05) is 0 Å². The average Bonchev–Trinajstić information content (AvgIpc) is 2.26. The zero-order valence-electron chi connectivity index (χ0n) is 9.23. The molecule has 0 fully saturated rings. The van der Waals surface area contributed by atoms with E-state index in [1.165, 1.54) is 0 Å². The van der Waals surface area contributed by atoms with Crippen LogP contribution in [0.2, 0.25) is 0 Å². The lowest BCUT2D eigenvalue weighted by Crippen LogP contribution is -2.19. The summed E-state index contributed by atoms with van der Waals surface area (Å²) in [7, 11) is 1.97. The quantitative estimate of drug-likeness (QED) is 0.747. The van der Waals surface area contributed by atoms with Crippen LogP contribution in [0.15, 0.2) is 24.3 Å². The van der Waals surface area contributed by atoms with Crippen LogP contribution in [0.3, 0.4) is 0 Å². The summed E-state index contributed by atoms with van der Waals surface area (Å²) in [4.78, 5) is 13.1. The summed E-state index contributed by atoms with van der Waals surface area (Å²) in [6, 6.07) is 7.50. The highest BCUT2D eigenvalue weighted by Crippen LogP contribution is 2.14. The van der Waals surface area contributed by atoms with Gasteiger partial charge in [0.2, 0.25) is 0 Å². The SMILES string of the molecule is CC(=O)c1ccc(N(C)CCCO)cc1. The Kier molecular flexibility index (Phi) is 4.31. The number of hydrogen-bond donors (Lipinski definition) is 1. The molecule has 15 heavy (non-hydrogen) atoms. The van der Waals surface area contributed by atoms with E-state index in [9.17, 15) is 4.79 Å². The molecule has 1 aromatic carbocycles. The Morgan fingerprint density at radius 3 is 2.40 bits per heavy atom. The Morgan fingerprint density at radius 1 is 1.33 bits per heavy atom. The number of aliphatic hydroxyl groups is 1. The van der Waals surface area contributed by atoms with Crippen LogP contribution < -0.4 is 4.90 Å². The second kappa shape index (κ2) is 5.51. The molecular weight excluding hydrogens is 190 g/mol. The Morgan fingerprint density at radius 2 is 1.93 bits per heavy atom. The summed E-state index contributed by atoms with van der Waals surface area (Å²) in [5, 5.41) is 8.71.